The maximum Gasteiger partial charge on any atom is 0.0948 e. The summed E-state index contributed by atoms with van der Waals surface area (Å²) < 4.78 is 0. The van der Waals surface area contributed by atoms with Gasteiger partial charge in [0, 0.05) is 6.54 Å². The highest BCUT2D eigenvalue weighted by Gasteiger charge is 2.32. The second-order valence-electron chi connectivity index (χ2n) is 2.83. The summed E-state index contributed by atoms with van der Waals surface area (Å²) in [6.07, 6.45) is 0.0278. The Kier molecular flexibility index (Phi) is 3.59. The van der Waals surface area contributed by atoms with E-state index in [1.54, 1.807) is 6.92 Å². The molecule has 1 aliphatic rings. The summed E-state index contributed by atoms with van der Waals surface area (Å²) in [6.45, 7) is 2.97. The largest absolute Gasteiger partial charge is 0.389 e. The van der Waals surface area contributed by atoms with Gasteiger partial charge in [-0.05, 0) is 19.9 Å². The highest BCUT2D eigenvalue weighted by atomic mass is 35.5. The van der Waals surface area contributed by atoms with Gasteiger partial charge < -0.3 is 15.5 Å². The van der Waals surface area contributed by atoms with E-state index in [4.69, 9.17) is 5.11 Å². The Balaban J connectivity index is 0.000000810. The maximum absolute atomic E-state index is 9.35. The highest BCUT2D eigenvalue weighted by Crippen LogP contribution is 2.16. The average molecular weight is 168 g/mol. The van der Waals surface area contributed by atoms with Crippen molar-refractivity contribution < 1.29 is 10.2 Å². The summed E-state index contributed by atoms with van der Waals surface area (Å²) in [7, 11) is 0. The Morgan fingerprint density at radius 1 is 1.60 bits per heavy atom. The molecular formula is C6H14ClNO2. The van der Waals surface area contributed by atoms with Crippen LogP contribution in [0.15, 0.2) is 0 Å². The third-order valence-corrected chi connectivity index (χ3v) is 1.86. The zero-order valence-corrected chi connectivity index (χ0v) is 6.82. The second kappa shape index (κ2) is 3.53. The van der Waals surface area contributed by atoms with Crippen molar-refractivity contribution in [1.29, 1.82) is 0 Å². The van der Waals surface area contributed by atoms with Gasteiger partial charge in [0.1, 0.15) is 0 Å². The van der Waals surface area contributed by atoms with Crippen LogP contribution in [0.1, 0.15) is 13.3 Å². The number of aliphatic hydroxyl groups excluding tert-OH is 1. The molecule has 0 spiro atoms. The van der Waals surface area contributed by atoms with Gasteiger partial charge in [-0.2, -0.15) is 0 Å². The lowest BCUT2D eigenvalue weighted by Gasteiger charge is -2.33. The third kappa shape index (κ3) is 2.09. The van der Waals surface area contributed by atoms with Crippen molar-refractivity contribution in [2.45, 2.75) is 25.0 Å². The Bertz CT molecular complexity index is 108. The predicted molar refractivity (Wildman–Crippen MR) is 41.4 cm³/mol. The molecule has 1 heterocycles. The molecule has 0 aliphatic carbocycles. The summed E-state index contributed by atoms with van der Waals surface area (Å²) in [6, 6.07) is 0. The topological polar surface area (TPSA) is 52.5 Å². The van der Waals surface area contributed by atoms with Crippen LogP contribution in [-0.4, -0.2) is 35.0 Å². The molecule has 0 bridgehead atoms. The van der Waals surface area contributed by atoms with Gasteiger partial charge in [-0.15, -0.1) is 12.4 Å². The van der Waals surface area contributed by atoms with Crippen molar-refractivity contribution in [2.75, 3.05) is 13.1 Å². The first-order valence-electron chi connectivity index (χ1n) is 3.24. The first-order valence-corrected chi connectivity index (χ1v) is 3.24. The van der Waals surface area contributed by atoms with E-state index in [2.05, 4.69) is 5.32 Å². The number of rotatable bonds is 0. The minimum atomic E-state index is -0.870. The summed E-state index contributed by atoms with van der Waals surface area (Å²) >= 11 is 0. The van der Waals surface area contributed by atoms with Gasteiger partial charge >= 0.3 is 0 Å². The molecule has 0 radical (unpaired) electrons. The van der Waals surface area contributed by atoms with Crippen LogP contribution < -0.4 is 5.32 Å². The van der Waals surface area contributed by atoms with E-state index in [0.717, 1.165) is 6.54 Å². The molecule has 0 unspecified atom stereocenters. The number of piperidine rings is 1. The van der Waals surface area contributed by atoms with Crippen LogP contribution in [-0.2, 0) is 0 Å². The molecule has 0 aromatic carbocycles. The van der Waals surface area contributed by atoms with Crippen LogP contribution in [0.5, 0.6) is 0 Å². The number of halogens is 1. The first-order chi connectivity index (χ1) is 4.13. The lowest BCUT2D eigenvalue weighted by molar-refractivity contribution is -0.0783. The van der Waals surface area contributed by atoms with Crippen molar-refractivity contribution in [1.82, 2.24) is 5.32 Å². The average Bonchev–Trinajstić information content (AvgIpc) is 1.77. The van der Waals surface area contributed by atoms with Crippen LogP contribution >= 0.6 is 12.4 Å². The Morgan fingerprint density at radius 2 is 2.20 bits per heavy atom. The van der Waals surface area contributed by atoms with Crippen molar-refractivity contribution in [2.24, 2.45) is 0 Å². The smallest absolute Gasteiger partial charge is 0.0948 e. The Morgan fingerprint density at radius 3 is 2.50 bits per heavy atom. The van der Waals surface area contributed by atoms with E-state index in [-0.39, 0.29) is 12.4 Å². The predicted octanol–water partition coefficient (Wildman–Crippen LogP) is -0.487. The summed E-state index contributed by atoms with van der Waals surface area (Å²) in [5.41, 5.74) is -0.870. The van der Waals surface area contributed by atoms with E-state index in [9.17, 15) is 5.11 Å². The van der Waals surface area contributed by atoms with Gasteiger partial charge in [-0.3, -0.25) is 0 Å². The van der Waals surface area contributed by atoms with Crippen LogP contribution in [0.3, 0.4) is 0 Å². The molecular weight excluding hydrogens is 154 g/mol. The minimum absolute atomic E-state index is 0. The van der Waals surface area contributed by atoms with Crippen molar-refractivity contribution >= 4 is 12.4 Å². The molecule has 1 rings (SSSR count). The number of aliphatic hydroxyl groups is 2. The fourth-order valence-electron chi connectivity index (χ4n) is 0.967. The van der Waals surface area contributed by atoms with E-state index < -0.39 is 11.7 Å². The van der Waals surface area contributed by atoms with Crippen LogP contribution in [0.2, 0.25) is 0 Å². The summed E-state index contributed by atoms with van der Waals surface area (Å²) in [5.74, 6) is 0. The Hall–Kier alpha value is 0.170. The van der Waals surface area contributed by atoms with E-state index in [1.165, 1.54) is 0 Å². The molecule has 0 aromatic rings. The summed E-state index contributed by atoms with van der Waals surface area (Å²) in [4.78, 5) is 0. The number of hydrogen-bond acceptors (Lipinski definition) is 3. The monoisotopic (exact) mass is 167 g/mol. The number of nitrogens with one attached hydrogen (secondary N) is 1. The summed E-state index contributed by atoms with van der Waals surface area (Å²) in [5, 5.41) is 21.5. The second-order valence-corrected chi connectivity index (χ2v) is 2.83. The fraction of sp³-hybridized carbons (Fsp3) is 1.00. The first kappa shape index (κ1) is 10.2. The van der Waals surface area contributed by atoms with Gasteiger partial charge in [-0.1, -0.05) is 0 Å². The molecule has 0 aromatic heterocycles. The van der Waals surface area contributed by atoms with Gasteiger partial charge in [-0.25, -0.2) is 0 Å². The Labute approximate surface area is 66.8 Å². The molecule has 3 N–H and O–H groups in total. The zero-order chi connectivity index (χ0) is 6.91. The van der Waals surface area contributed by atoms with Gasteiger partial charge in [0.15, 0.2) is 0 Å². The van der Waals surface area contributed by atoms with Crippen molar-refractivity contribution in [3.8, 4) is 0 Å². The van der Waals surface area contributed by atoms with Crippen molar-refractivity contribution in [3.63, 3.8) is 0 Å². The molecule has 1 fully saturated rings. The molecule has 3 nitrogen and oxygen atoms in total. The van der Waals surface area contributed by atoms with E-state index >= 15 is 0 Å². The quantitative estimate of drug-likeness (QED) is 0.457. The molecule has 0 amide bonds. The van der Waals surface area contributed by atoms with Crippen molar-refractivity contribution in [3.05, 3.63) is 0 Å². The van der Waals surface area contributed by atoms with Crippen LogP contribution in [0.4, 0.5) is 0 Å². The van der Waals surface area contributed by atoms with Gasteiger partial charge in [0.05, 0.1) is 11.7 Å². The van der Waals surface area contributed by atoms with Crippen LogP contribution in [0, 0.1) is 0 Å². The van der Waals surface area contributed by atoms with Gasteiger partial charge in [0.25, 0.3) is 0 Å². The lowest BCUT2D eigenvalue weighted by atomic mass is 9.92. The minimum Gasteiger partial charge on any atom is -0.389 e. The number of β-amino-alcohol motifs (C(OH)–C–C–N with tert-alkyl or cyclic N) is 1. The van der Waals surface area contributed by atoms with E-state index in [1.807, 2.05) is 0 Å². The van der Waals surface area contributed by atoms with Crippen LogP contribution in [0.25, 0.3) is 0 Å². The molecule has 1 aliphatic heterocycles. The zero-order valence-electron chi connectivity index (χ0n) is 6.00. The highest BCUT2D eigenvalue weighted by molar-refractivity contribution is 5.85. The normalized spacial score (nSPS) is 40.5. The molecule has 62 valence electrons. The third-order valence-electron chi connectivity index (χ3n) is 1.86. The molecule has 4 heteroatoms. The fourth-order valence-corrected chi connectivity index (χ4v) is 0.967. The maximum atomic E-state index is 9.35. The lowest BCUT2D eigenvalue weighted by Crippen LogP contribution is -2.52. The molecule has 10 heavy (non-hydrogen) atoms. The molecule has 2 atom stereocenters. The van der Waals surface area contributed by atoms with Gasteiger partial charge in [0.2, 0.25) is 0 Å². The molecule has 1 saturated heterocycles. The SMILES string of the molecule is C[C@]1(O)CCNC[C@H]1O.Cl. The van der Waals surface area contributed by atoms with E-state index in [0.29, 0.717) is 13.0 Å². The number of hydrogen-bond donors (Lipinski definition) is 3. The standard InChI is InChI=1S/C6H13NO2.ClH/c1-6(9)2-3-7-4-5(6)8;/h5,7-9H,2-4H2,1H3;1H/t5-,6+;/m1./s1. The molecule has 0 saturated carbocycles.